The van der Waals surface area contributed by atoms with Crippen LogP contribution in [0.2, 0.25) is 0 Å². The summed E-state index contributed by atoms with van der Waals surface area (Å²) in [6, 6.07) is 10.8. The van der Waals surface area contributed by atoms with Crippen molar-refractivity contribution in [3.8, 4) is 0 Å². The van der Waals surface area contributed by atoms with Crippen LogP contribution in [-0.4, -0.2) is 40.1 Å². The molecular formula is C18H24N4O. The van der Waals surface area contributed by atoms with Gasteiger partial charge in [0.25, 0.3) is 5.91 Å². The van der Waals surface area contributed by atoms with Crippen LogP contribution in [0.4, 0.5) is 0 Å². The number of piperidine rings is 1. The van der Waals surface area contributed by atoms with E-state index in [4.69, 9.17) is 0 Å². The van der Waals surface area contributed by atoms with Crippen molar-refractivity contribution in [3.05, 3.63) is 53.3 Å². The van der Waals surface area contributed by atoms with Crippen LogP contribution >= 0.6 is 0 Å². The highest BCUT2D eigenvalue weighted by molar-refractivity contribution is 5.95. The number of carbonyl (C=O) groups is 1. The number of likely N-dealkylation sites (tertiary alicyclic amines) is 1. The summed E-state index contributed by atoms with van der Waals surface area (Å²) in [5.74, 6) is 0.410. The molecule has 2 unspecified atom stereocenters. The fourth-order valence-corrected chi connectivity index (χ4v) is 3.26. The number of aromatic amines is 1. The Kier molecular flexibility index (Phi) is 4.76. The Labute approximate surface area is 137 Å². The van der Waals surface area contributed by atoms with E-state index in [1.165, 1.54) is 5.56 Å². The molecule has 5 nitrogen and oxygen atoms in total. The molecule has 1 aliphatic heterocycles. The Morgan fingerprint density at radius 2 is 2.17 bits per heavy atom. The predicted octanol–water partition coefficient (Wildman–Crippen LogP) is 2.36. The third-order valence-corrected chi connectivity index (χ3v) is 4.63. The second kappa shape index (κ2) is 6.96. The molecule has 2 heterocycles. The van der Waals surface area contributed by atoms with Crippen molar-refractivity contribution in [3.63, 3.8) is 0 Å². The first-order chi connectivity index (χ1) is 11.1. The van der Waals surface area contributed by atoms with E-state index in [0.29, 0.717) is 11.5 Å². The first-order valence-corrected chi connectivity index (χ1v) is 8.20. The van der Waals surface area contributed by atoms with Crippen LogP contribution in [0.15, 0.2) is 36.5 Å². The molecule has 1 aromatic carbocycles. The summed E-state index contributed by atoms with van der Waals surface area (Å²) < 4.78 is 0. The number of benzene rings is 1. The molecule has 0 radical (unpaired) electrons. The Balaban J connectivity index is 1.54. The van der Waals surface area contributed by atoms with E-state index in [0.717, 1.165) is 31.7 Å². The van der Waals surface area contributed by atoms with Gasteiger partial charge in [0.1, 0.15) is 0 Å². The van der Waals surface area contributed by atoms with Crippen molar-refractivity contribution in [2.24, 2.45) is 5.92 Å². The number of carbonyl (C=O) groups excluding carboxylic acids is 1. The highest BCUT2D eigenvalue weighted by Gasteiger charge is 2.28. The van der Waals surface area contributed by atoms with Crippen molar-refractivity contribution in [2.45, 2.75) is 32.9 Å². The van der Waals surface area contributed by atoms with E-state index in [2.05, 4.69) is 51.6 Å². The topological polar surface area (TPSA) is 61.0 Å². The maximum Gasteiger partial charge on any atom is 0.254 e. The maximum absolute atomic E-state index is 12.3. The van der Waals surface area contributed by atoms with Gasteiger partial charge in [-0.3, -0.25) is 14.8 Å². The fourth-order valence-electron chi connectivity index (χ4n) is 3.26. The van der Waals surface area contributed by atoms with Gasteiger partial charge in [-0.15, -0.1) is 0 Å². The molecule has 5 heteroatoms. The zero-order chi connectivity index (χ0) is 16.2. The van der Waals surface area contributed by atoms with Gasteiger partial charge in [0, 0.05) is 31.4 Å². The summed E-state index contributed by atoms with van der Waals surface area (Å²) in [5.41, 5.74) is 2.80. The smallest absolute Gasteiger partial charge is 0.254 e. The van der Waals surface area contributed by atoms with E-state index in [1.807, 2.05) is 13.0 Å². The second-order valence-electron chi connectivity index (χ2n) is 6.48. The van der Waals surface area contributed by atoms with Gasteiger partial charge in [0.2, 0.25) is 0 Å². The third kappa shape index (κ3) is 3.79. The van der Waals surface area contributed by atoms with Crippen molar-refractivity contribution in [1.82, 2.24) is 20.4 Å². The summed E-state index contributed by atoms with van der Waals surface area (Å²) >= 11 is 0. The lowest BCUT2D eigenvalue weighted by Crippen LogP contribution is -2.49. The molecule has 0 aliphatic carbocycles. The number of amides is 1. The Morgan fingerprint density at radius 1 is 1.39 bits per heavy atom. The summed E-state index contributed by atoms with van der Waals surface area (Å²) in [7, 11) is 0. The van der Waals surface area contributed by atoms with Gasteiger partial charge in [-0.05, 0) is 24.8 Å². The number of aromatic nitrogens is 2. The monoisotopic (exact) mass is 312 g/mol. The molecular weight excluding hydrogens is 288 g/mol. The number of hydrogen-bond acceptors (Lipinski definition) is 3. The quantitative estimate of drug-likeness (QED) is 0.911. The number of H-pyrrole nitrogens is 1. The summed E-state index contributed by atoms with van der Waals surface area (Å²) in [5, 5.41) is 9.90. The van der Waals surface area contributed by atoms with Crippen molar-refractivity contribution in [1.29, 1.82) is 0 Å². The number of hydrogen-bond donors (Lipinski definition) is 2. The van der Waals surface area contributed by atoms with Crippen molar-refractivity contribution < 1.29 is 4.79 Å². The molecule has 1 amide bonds. The average molecular weight is 312 g/mol. The van der Waals surface area contributed by atoms with Crippen molar-refractivity contribution in [2.75, 3.05) is 13.1 Å². The highest BCUT2D eigenvalue weighted by atomic mass is 16.1. The van der Waals surface area contributed by atoms with Gasteiger partial charge in [0.05, 0.1) is 11.8 Å². The Hall–Kier alpha value is -2.14. The van der Waals surface area contributed by atoms with Crippen LogP contribution in [0.25, 0.3) is 0 Å². The molecule has 1 fully saturated rings. The second-order valence-corrected chi connectivity index (χ2v) is 6.48. The molecule has 0 saturated carbocycles. The zero-order valence-electron chi connectivity index (χ0n) is 13.7. The van der Waals surface area contributed by atoms with E-state index in [9.17, 15) is 4.79 Å². The summed E-state index contributed by atoms with van der Waals surface area (Å²) in [6.45, 7) is 7.07. The number of nitrogens with one attached hydrogen (secondary N) is 2. The maximum atomic E-state index is 12.3. The van der Waals surface area contributed by atoms with Crippen LogP contribution in [0.5, 0.6) is 0 Å². The van der Waals surface area contributed by atoms with Crippen LogP contribution in [0, 0.1) is 12.8 Å². The van der Waals surface area contributed by atoms with Crippen LogP contribution < -0.4 is 5.32 Å². The molecule has 0 bridgehead atoms. The zero-order valence-corrected chi connectivity index (χ0v) is 13.7. The van der Waals surface area contributed by atoms with Crippen LogP contribution in [-0.2, 0) is 6.54 Å². The van der Waals surface area contributed by atoms with E-state index < -0.39 is 0 Å². The van der Waals surface area contributed by atoms with E-state index >= 15 is 0 Å². The van der Waals surface area contributed by atoms with Gasteiger partial charge in [-0.25, -0.2) is 0 Å². The van der Waals surface area contributed by atoms with Gasteiger partial charge in [0.15, 0.2) is 0 Å². The largest absolute Gasteiger partial charge is 0.349 e. The van der Waals surface area contributed by atoms with Crippen LogP contribution in [0.3, 0.4) is 0 Å². The molecule has 23 heavy (non-hydrogen) atoms. The first-order valence-electron chi connectivity index (χ1n) is 8.20. The fraction of sp³-hybridized carbons (Fsp3) is 0.444. The summed E-state index contributed by atoms with van der Waals surface area (Å²) in [4.78, 5) is 14.8. The first kappa shape index (κ1) is 15.7. The highest BCUT2D eigenvalue weighted by Crippen LogP contribution is 2.19. The van der Waals surface area contributed by atoms with Gasteiger partial charge in [-0.1, -0.05) is 37.3 Å². The average Bonchev–Trinajstić information content (AvgIpc) is 2.97. The minimum atomic E-state index is -0.0235. The van der Waals surface area contributed by atoms with Gasteiger partial charge >= 0.3 is 0 Å². The lowest BCUT2D eigenvalue weighted by Gasteiger charge is -2.37. The van der Waals surface area contributed by atoms with Gasteiger partial charge < -0.3 is 5.32 Å². The minimum Gasteiger partial charge on any atom is -0.349 e. The Bertz CT molecular complexity index is 652. The lowest BCUT2D eigenvalue weighted by molar-refractivity contribution is 0.0860. The Morgan fingerprint density at radius 3 is 2.83 bits per heavy atom. The SMILES string of the molecule is Cc1[nH]ncc1C(=O)NC1CCN(Cc2ccccc2)CC1C. The summed E-state index contributed by atoms with van der Waals surface area (Å²) in [6.07, 6.45) is 2.58. The molecule has 0 spiro atoms. The number of aryl methyl sites for hydroxylation is 1. The molecule has 3 rings (SSSR count). The molecule has 1 saturated heterocycles. The number of nitrogens with zero attached hydrogens (tertiary/aromatic N) is 2. The van der Waals surface area contributed by atoms with E-state index in [1.54, 1.807) is 6.20 Å². The molecule has 2 N–H and O–H groups in total. The van der Waals surface area contributed by atoms with Gasteiger partial charge in [-0.2, -0.15) is 5.10 Å². The standard InChI is InChI=1S/C18H24N4O/c1-13-11-22(12-15-6-4-3-5-7-15)9-8-17(13)20-18(23)16-10-19-21-14(16)2/h3-7,10,13,17H,8-9,11-12H2,1-2H3,(H,19,21)(H,20,23). The van der Waals surface area contributed by atoms with Crippen LogP contribution in [0.1, 0.15) is 35.0 Å². The minimum absolute atomic E-state index is 0.0235. The normalized spacial score (nSPS) is 22.0. The molecule has 1 aliphatic rings. The molecule has 2 atom stereocenters. The van der Waals surface area contributed by atoms with Crippen molar-refractivity contribution >= 4 is 5.91 Å². The third-order valence-electron chi connectivity index (χ3n) is 4.63. The van der Waals surface area contributed by atoms with E-state index in [-0.39, 0.29) is 11.9 Å². The lowest BCUT2D eigenvalue weighted by atomic mass is 9.93. The predicted molar refractivity (Wildman–Crippen MR) is 90.1 cm³/mol. The molecule has 2 aromatic rings. The molecule has 1 aromatic heterocycles. The molecule has 122 valence electrons. The number of rotatable bonds is 4.